The van der Waals surface area contributed by atoms with Crippen molar-refractivity contribution in [2.75, 3.05) is 6.61 Å². The first-order valence-corrected chi connectivity index (χ1v) is 12.4. The van der Waals surface area contributed by atoms with Crippen LogP contribution in [0.25, 0.3) is 11.4 Å². The number of unbranched alkanes of at least 4 members (excludes halogenated alkanes) is 11. The van der Waals surface area contributed by atoms with E-state index >= 15 is 0 Å². The second-order valence-corrected chi connectivity index (χ2v) is 8.43. The summed E-state index contributed by atoms with van der Waals surface area (Å²) in [5.41, 5.74) is 2.44. The number of hydrogen-bond acceptors (Lipinski definition) is 3. The molecule has 0 saturated carbocycles. The second kappa shape index (κ2) is 15.9. The Morgan fingerprint density at radius 2 is 1.17 bits per heavy atom. The number of aryl methyl sites for hydroxylation is 1. The summed E-state index contributed by atoms with van der Waals surface area (Å²) in [7, 11) is 0. The summed E-state index contributed by atoms with van der Waals surface area (Å²) in [5.74, 6) is 1.53. The number of ether oxygens (including phenoxy) is 1. The molecule has 2 aromatic rings. The molecule has 0 fully saturated rings. The zero-order chi connectivity index (χ0) is 21.3. The summed E-state index contributed by atoms with van der Waals surface area (Å²) >= 11 is 0. The molecule has 0 N–H and O–H groups in total. The van der Waals surface area contributed by atoms with Gasteiger partial charge < -0.3 is 4.74 Å². The highest BCUT2D eigenvalue weighted by Crippen LogP contribution is 2.18. The van der Waals surface area contributed by atoms with E-state index in [0.29, 0.717) is 0 Å². The van der Waals surface area contributed by atoms with Crippen molar-refractivity contribution in [2.24, 2.45) is 0 Å². The van der Waals surface area contributed by atoms with Gasteiger partial charge >= 0.3 is 0 Å². The first-order valence-electron chi connectivity index (χ1n) is 12.4. The van der Waals surface area contributed by atoms with Crippen LogP contribution in [0.4, 0.5) is 0 Å². The molecule has 3 heteroatoms. The van der Waals surface area contributed by atoms with Crippen LogP contribution in [-0.2, 0) is 6.42 Å². The lowest BCUT2D eigenvalue weighted by molar-refractivity contribution is 0.302. The molecule has 0 radical (unpaired) electrons. The van der Waals surface area contributed by atoms with Gasteiger partial charge in [-0.1, -0.05) is 109 Å². The number of nitrogens with zero attached hydrogens (tertiary/aromatic N) is 2. The normalized spacial score (nSPS) is 11.0. The van der Waals surface area contributed by atoms with Gasteiger partial charge in [-0.15, -0.1) is 0 Å². The van der Waals surface area contributed by atoms with Crippen LogP contribution in [0.15, 0.2) is 36.7 Å². The van der Waals surface area contributed by atoms with Gasteiger partial charge in [0.1, 0.15) is 0 Å². The van der Waals surface area contributed by atoms with E-state index in [2.05, 4.69) is 48.1 Å². The zero-order valence-electron chi connectivity index (χ0n) is 19.4. The van der Waals surface area contributed by atoms with E-state index in [1.807, 2.05) is 0 Å². The van der Waals surface area contributed by atoms with Crippen molar-refractivity contribution in [3.8, 4) is 17.1 Å². The highest BCUT2D eigenvalue weighted by atomic mass is 16.5. The van der Waals surface area contributed by atoms with Crippen LogP contribution in [0.2, 0.25) is 0 Å². The van der Waals surface area contributed by atoms with Gasteiger partial charge in [0.15, 0.2) is 11.6 Å². The minimum atomic E-state index is 0.756. The zero-order valence-corrected chi connectivity index (χ0v) is 19.4. The maximum absolute atomic E-state index is 5.82. The average Bonchev–Trinajstić information content (AvgIpc) is 2.79. The Morgan fingerprint density at radius 3 is 1.73 bits per heavy atom. The van der Waals surface area contributed by atoms with Crippen molar-refractivity contribution in [3.63, 3.8) is 0 Å². The number of hydrogen-bond donors (Lipinski definition) is 0. The predicted molar refractivity (Wildman–Crippen MR) is 128 cm³/mol. The molecule has 0 spiro atoms. The van der Waals surface area contributed by atoms with Crippen LogP contribution in [0, 0.1) is 0 Å². The van der Waals surface area contributed by atoms with E-state index < -0.39 is 0 Å². The summed E-state index contributed by atoms with van der Waals surface area (Å²) in [6.07, 6.45) is 22.0. The molecular weight excluding hydrogens is 368 g/mol. The Bertz CT molecular complexity index is 652. The van der Waals surface area contributed by atoms with Crippen LogP contribution in [0.3, 0.4) is 0 Å². The molecule has 1 aromatic carbocycles. The van der Waals surface area contributed by atoms with Crippen LogP contribution >= 0.6 is 0 Å². The molecule has 0 amide bonds. The fourth-order valence-corrected chi connectivity index (χ4v) is 3.70. The van der Waals surface area contributed by atoms with Gasteiger partial charge in [0.2, 0.25) is 0 Å². The van der Waals surface area contributed by atoms with Gasteiger partial charge in [0, 0.05) is 5.56 Å². The maximum Gasteiger partial charge on any atom is 0.159 e. The number of aromatic nitrogens is 2. The quantitative estimate of drug-likeness (QED) is 0.247. The molecule has 0 aliphatic heterocycles. The van der Waals surface area contributed by atoms with Gasteiger partial charge in [-0.3, -0.25) is 0 Å². The van der Waals surface area contributed by atoms with E-state index in [1.54, 1.807) is 12.4 Å². The van der Waals surface area contributed by atoms with Crippen LogP contribution in [0.1, 0.15) is 103 Å². The van der Waals surface area contributed by atoms with Gasteiger partial charge in [0.25, 0.3) is 0 Å². The molecule has 1 heterocycles. The summed E-state index contributed by atoms with van der Waals surface area (Å²) in [6, 6.07) is 8.61. The van der Waals surface area contributed by atoms with Crippen molar-refractivity contribution in [2.45, 2.75) is 104 Å². The van der Waals surface area contributed by atoms with Crippen molar-refractivity contribution < 1.29 is 4.74 Å². The lowest BCUT2D eigenvalue weighted by Crippen LogP contribution is -1.99. The fourth-order valence-electron chi connectivity index (χ4n) is 3.70. The van der Waals surface area contributed by atoms with E-state index in [0.717, 1.165) is 36.6 Å². The molecule has 0 bridgehead atoms. The SMILES string of the molecule is CCCCCCCCCCCCCOc1cnc(-c2ccc(CCCC)cc2)nc1. The largest absolute Gasteiger partial charge is 0.490 e. The third-order valence-corrected chi connectivity index (χ3v) is 5.68. The molecule has 0 atom stereocenters. The third-order valence-electron chi connectivity index (χ3n) is 5.68. The third kappa shape index (κ3) is 10.2. The van der Waals surface area contributed by atoms with Crippen LogP contribution < -0.4 is 4.74 Å². The fraction of sp³-hybridized carbons (Fsp3) is 0.630. The van der Waals surface area contributed by atoms with Crippen LogP contribution in [-0.4, -0.2) is 16.6 Å². The van der Waals surface area contributed by atoms with Crippen LogP contribution in [0.5, 0.6) is 5.75 Å². The molecule has 0 aliphatic carbocycles. The Hall–Kier alpha value is -1.90. The highest BCUT2D eigenvalue weighted by molar-refractivity contribution is 5.55. The summed E-state index contributed by atoms with van der Waals surface area (Å²) < 4.78 is 5.82. The van der Waals surface area contributed by atoms with Gasteiger partial charge in [-0.25, -0.2) is 9.97 Å². The number of benzene rings is 1. The lowest BCUT2D eigenvalue weighted by Gasteiger charge is -2.07. The Kier molecular flexibility index (Phi) is 12.9. The van der Waals surface area contributed by atoms with Crippen molar-refractivity contribution in [1.29, 1.82) is 0 Å². The molecule has 2 rings (SSSR count). The van der Waals surface area contributed by atoms with Gasteiger partial charge in [-0.2, -0.15) is 0 Å². The molecule has 0 unspecified atom stereocenters. The van der Waals surface area contributed by atoms with Gasteiger partial charge in [0.05, 0.1) is 19.0 Å². The summed E-state index contributed by atoms with van der Waals surface area (Å²) in [4.78, 5) is 8.96. The summed E-state index contributed by atoms with van der Waals surface area (Å²) in [6.45, 7) is 5.26. The molecule has 30 heavy (non-hydrogen) atoms. The van der Waals surface area contributed by atoms with Crippen molar-refractivity contribution >= 4 is 0 Å². The molecule has 3 nitrogen and oxygen atoms in total. The molecular formula is C27H42N2O. The Balaban J connectivity index is 1.55. The van der Waals surface area contributed by atoms with Crippen molar-refractivity contribution in [3.05, 3.63) is 42.2 Å². The minimum Gasteiger partial charge on any atom is -0.490 e. The highest BCUT2D eigenvalue weighted by Gasteiger charge is 2.03. The molecule has 0 saturated heterocycles. The molecule has 1 aromatic heterocycles. The summed E-state index contributed by atoms with van der Waals surface area (Å²) in [5, 5.41) is 0. The monoisotopic (exact) mass is 410 g/mol. The number of rotatable bonds is 17. The molecule has 0 aliphatic rings. The lowest BCUT2D eigenvalue weighted by atomic mass is 10.1. The minimum absolute atomic E-state index is 0.756. The average molecular weight is 411 g/mol. The Labute approximate surface area is 184 Å². The van der Waals surface area contributed by atoms with E-state index in [4.69, 9.17) is 4.74 Å². The topological polar surface area (TPSA) is 35.0 Å². The molecule has 166 valence electrons. The predicted octanol–water partition coefficient (Wildman–Crippen LogP) is 8.18. The van der Waals surface area contributed by atoms with Crippen molar-refractivity contribution in [1.82, 2.24) is 9.97 Å². The second-order valence-electron chi connectivity index (χ2n) is 8.43. The van der Waals surface area contributed by atoms with E-state index in [9.17, 15) is 0 Å². The smallest absolute Gasteiger partial charge is 0.159 e. The first-order chi connectivity index (χ1) is 14.8. The van der Waals surface area contributed by atoms with E-state index in [1.165, 1.54) is 82.6 Å². The standard InChI is InChI=1S/C27H42N2O/c1-3-5-7-8-9-10-11-12-13-14-15-21-30-26-22-28-27(29-23-26)25-19-17-24(18-20-25)16-6-4-2/h17-20,22-23H,3-16,21H2,1-2H3. The maximum atomic E-state index is 5.82. The Morgan fingerprint density at radius 1 is 0.633 bits per heavy atom. The van der Waals surface area contributed by atoms with Gasteiger partial charge in [-0.05, 0) is 24.8 Å². The van der Waals surface area contributed by atoms with E-state index in [-0.39, 0.29) is 0 Å². The first kappa shape index (κ1) is 24.4.